The van der Waals surface area contributed by atoms with E-state index in [0.29, 0.717) is 11.1 Å². The minimum absolute atomic E-state index is 0.139. The molecular weight excluding hydrogens is 383 g/mol. The number of nitrogens with zero attached hydrogens (tertiary/aromatic N) is 3. The molecule has 0 saturated carbocycles. The maximum absolute atomic E-state index is 14.9. The van der Waals surface area contributed by atoms with Crippen LogP contribution in [0.4, 0.5) is 4.39 Å². The molecule has 0 radical (unpaired) electrons. The van der Waals surface area contributed by atoms with E-state index in [0.717, 1.165) is 10.9 Å². The highest BCUT2D eigenvalue weighted by molar-refractivity contribution is 6.11. The molecule has 1 aliphatic rings. The first-order valence-electron chi connectivity index (χ1n) is 9.66. The molecule has 7 heteroatoms. The molecule has 6 nitrogen and oxygen atoms in total. The lowest BCUT2D eigenvalue weighted by Crippen LogP contribution is -2.28. The second-order valence-electron chi connectivity index (χ2n) is 7.64. The van der Waals surface area contributed by atoms with E-state index >= 15 is 0 Å². The second-order valence-corrected chi connectivity index (χ2v) is 7.64. The number of hydrogen-bond acceptors (Lipinski definition) is 3. The first-order chi connectivity index (χ1) is 14.3. The number of rotatable bonds is 3. The largest absolute Gasteiger partial charge is 0.336 e. The number of pyridine rings is 1. The number of halogens is 1. The number of fused-ring (bicyclic) bond motifs is 1. The molecule has 1 aliphatic heterocycles. The Bertz CT molecular complexity index is 1200. The van der Waals surface area contributed by atoms with Gasteiger partial charge in [-0.05, 0) is 47.9 Å². The normalized spacial score (nSPS) is 15.3. The lowest BCUT2D eigenvalue weighted by Gasteiger charge is -2.13. The maximum atomic E-state index is 14.9. The van der Waals surface area contributed by atoms with Crippen molar-refractivity contribution >= 4 is 28.7 Å². The van der Waals surface area contributed by atoms with Gasteiger partial charge >= 0.3 is 0 Å². The zero-order valence-electron chi connectivity index (χ0n) is 16.9. The summed E-state index contributed by atoms with van der Waals surface area (Å²) in [5.41, 5.74) is 2.86. The van der Waals surface area contributed by atoms with Gasteiger partial charge in [-0.25, -0.2) is 4.39 Å². The van der Waals surface area contributed by atoms with Crippen LogP contribution in [-0.4, -0.2) is 41.3 Å². The summed E-state index contributed by atoms with van der Waals surface area (Å²) in [6.45, 7) is 4.28. The van der Waals surface area contributed by atoms with Crippen LogP contribution < -0.4 is 5.32 Å². The molecule has 0 unspecified atom stereocenters. The fraction of sp³-hybridized carbons (Fsp3) is 0.217. The van der Waals surface area contributed by atoms with Crippen molar-refractivity contribution in [1.29, 1.82) is 0 Å². The van der Waals surface area contributed by atoms with Crippen molar-refractivity contribution in [3.63, 3.8) is 0 Å². The molecule has 1 fully saturated rings. The summed E-state index contributed by atoms with van der Waals surface area (Å²) in [7, 11) is 1.66. The van der Waals surface area contributed by atoms with E-state index in [-0.39, 0.29) is 35.5 Å². The molecule has 2 heterocycles. The van der Waals surface area contributed by atoms with Gasteiger partial charge in [0, 0.05) is 35.3 Å². The molecule has 0 atom stereocenters. The van der Waals surface area contributed by atoms with Crippen LogP contribution >= 0.6 is 0 Å². The molecular formula is C23H21FN4O2. The fourth-order valence-corrected chi connectivity index (χ4v) is 3.44. The average Bonchev–Trinajstić information content (AvgIpc) is 3.04. The molecule has 0 bridgehead atoms. The summed E-state index contributed by atoms with van der Waals surface area (Å²) < 4.78 is 14.9. The van der Waals surface area contributed by atoms with Crippen LogP contribution in [0.2, 0.25) is 0 Å². The number of carbonyl (C=O) groups excluding carboxylic acids is 2. The van der Waals surface area contributed by atoms with Crippen LogP contribution in [-0.2, 0) is 4.79 Å². The molecule has 4 rings (SSSR count). The quantitative estimate of drug-likeness (QED) is 0.722. The number of likely N-dealkylation sites (N-methyl/N-ethyl adjacent to an activating group) is 1. The zero-order chi connectivity index (χ0) is 21.4. The van der Waals surface area contributed by atoms with E-state index < -0.39 is 11.7 Å². The number of guanidine groups is 1. The maximum Gasteiger partial charge on any atom is 0.280 e. The highest BCUT2D eigenvalue weighted by Crippen LogP contribution is 2.33. The van der Waals surface area contributed by atoms with Crippen LogP contribution in [0.5, 0.6) is 0 Å². The number of aromatic nitrogens is 1. The van der Waals surface area contributed by atoms with Gasteiger partial charge in [0.25, 0.3) is 5.91 Å². The van der Waals surface area contributed by atoms with Gasteiger partial charge in [-0.2, -0.15) is 4.99 Å². The fourth-order valence-electron chi connectivity index (χ4n) is 3.44. The summed E-state index contributed by atoms with van der Waals surface area (Å²) in [6, 6.07) is 11.9. The third kappa shape index (κ3) is 3.66. The lowest BCUT2D eigenvalue weighted by atomic mass is 9.93. The molecule has 2 amide bonds. The summed E-state index contributed by atoms with van der Waals surface area (Å²) in [5.74, 6) is -0.804. The predicted octanol–water partition coefficient (Wildman–Crippen LogP) is 3.72. The third-order valence-corrected chi connectivity index (χ3v) is 5.10. The second kappa shape index (κ2) is 7.67. The smallest absolute Gasteiger partial charge is 0.280 e. The number of aliphatic imine (C=N–C) groups is 1. The number of benzene rings is 2. The summed E-state index contributed by atoms with van der Waals surface area (Å²) in [6.07, 6.45) is 1.67. The molecule has 30 heavy (non-hydrogen) atoms. The van der Waals surface area contributed by atoms with Crippen molar-refractivity contribution in [3.05, 3.63) is 65.6 Å². The molecule has 1 saturated heterocycles. The Hall–Kier alpha value is -3.61. The van der Waals surface area contributed by atoms with Crippen molar-refractivity contribution in [2.75, 3.05) is 13.6 Å². The standard InChI is InChI=1S/C23H21FN4O2/c1-13(2)16-9-14-5-4-8-25-21(14)18(11-16)17-10-15(6-7-19(17)24)22(30)27-23-26-20(29)12-28(23)3/h4-11,13H,12H2,1-3H3,(H,26,27,29,30). The summed E-state index contributed by atoms with van der Waals surface area (Å²) >= 11 is 0. The first kappa shape index (κ1) is 19.7. The Morgan fingerprint density at radius 3 is 2.70 bits per heavy atom. The van der Waals surface area contributed by atoms with Crippen molar-refractivity contribution in [1.82, 2.24) is 15.2 Å². The van der Waals surface area contributed by atoms with Crippen LogP contribution in [0.1, 0.15) is 35.7 Å². The molecule has 2 aromatic carbocycles. The third-order valence-electron chi connectivity index (χ3n) is 5.10. The lowest BCUT2D eigenvalue weighted by molar-refractivity contribution is -0.118. The number of hydrogen-bond donors (Lipinski definition) is 1. The van der Waals surface area contributed by atoms with Gasteiger partial charge in [-0.15, -0.1) is 0 Å². The molecule has 1 N–H and O–H groups in total. The molecule has 152 valence electrons. The van der Waals surface area contributed by atoms with Crippen molar-refractivity contribution in [2.45, 2.75) is 19.8 Å². The van der Waals surface area contributed by atoms with Gasteiger partial charge in [0.1, 0.15) is 5.82 Å². The summed E-state index contributed by atoms with van der Waals surface area (Å²) in [4.78, 5) is 34.1. The van der Waals surface area contributed by atoms with Gasteiger partial charge in [-0.1, -0.05) is 19.9 Å². The number of amides is 2. The van der Waals surface area contributed by atoms with Crippen LogP contribution in [0.15, 0.2) is 53.7 Å². The van der Waals surface area contributed by atoms with Gasteiger partial charge < -0.3 is 4.90 Å². The van der Waals surface area contributed by atoms with Crippen LogP contribution in [0, 0.1) is 5.82 Å². The molecule has 0 aliphatic carbocycles. The Labute approximate surface area is 173 Å². The summed E-state index contributed by atoms with van der Waals surface area (Å²) in [5, 5.41) is 3.45. The van der Waals surface area contributed by atoms with E-state index in [9.17, 15) is 14.0 Å². The van der Waals surface area contributed by atoms with Crippen LogP contribution in [0.25, 0.3) is 22.0 Å². The number of carbonyl (C=O) groups is 2. The Kier molecular flexibility index (Phi) is 5.03. The van der Waals surface area contributed by atoms with Gasteiger partial charge in [0.15, 0.2) is 0 Å². The van der Waals surface area contributed by atoms with Crippen LogP contribution in [0.3, 0.4) is 0 Å². The van der Waals surface area contributed by atoms with Crippen molar-refractivity contribution in [2.24, 2.45) is 4.99 Å². The monoisotopic (exact) mass is 404 g/mol. The van der Waals surface area contributed by atoms with E-state index in [1.54, 1.807) is 18.1 Å². The zero-order valence-corrected chi connectivity index (χ0v) is 16.9. The van der Waals surface area contributed by atoms with Gasteiger partial charge in [0.05, 0.1) is 12.1 Å². The van der Waals surface area contributed by atoms with Crippen molar-refractivity contribution in [3.8, 4) is 11.1 Å². The topological polar surface area (TPSA) is 74.7 Å². The van der Waals surface area contributed by atoms with E-state index in [1.165, 1.54) is 18.2 Å². The van der Waals surface area contributed by atoms with E-state index in [2.05, 4.69) is 29.1 Å². The predicted molar refractivity (Wildman–Crippen MR) is 114 cm³/mol. The Balaban J connectivity index is 1.82. The molecule has 1 aromatic heterocycles. The minimum Gasteiger partial charge on any atom is -0.336 e. The first-order valence-corrected chi connectivity index (χ1v) is 9.66. The Morgan fingerprint density at radius 2 is 2.00 bits per heavy atom. The van der Waals surface area contributed by atoms with Gasteiger partial charge in [0.2, 0.25) is 11.9 Å². The highest BCUT2D eigenvalue weighted by atomic mass is 19.1. The minimum atomic E-state index is -0.558. The Morgan fingerprint density at radius 1 is 1.20 bits per heavy atom. The average molecular weight is 404 g/mol. The number of nitrogens with one attached hydrogen (secondary N) is 1. The molecule has 0 spiro atoms. The van der Waals surface area contributed by atoms with E-state index in [1.807, 2.05) is 24.3 Å². The highest BCUT2D eigenvalue weighted by Gasteiger charge is 2.23. The van der Waals surface area contributed by atoms with Crippen molar-refractivity contribution < 1.29 is 14.0 Å². The van der Waals surface area contributed by atoms with E-state index in [4.69, 9.17) is 0 Å². The molecule has 3 aromatic rings. The SMILES string of the molecule is CC(C)c1cc(-c2cc(C(=O)N=C3NC(=O)CN3C)ccc2F)c2ncccc2c1. The van der Waals surface area contributed by atoms with Gasteiger partial charge in [-0.3, -0.25) is 19.9 Å².